The average Bonchev–Trinajstić information content (AvgIpc) is 2.74. The van der Waals surface area contributed by atoms with Crippen LogP contribution in [0.2, 0.25) is 0 Å². The van der Waals surface area contributed by atoms with E-state index in [1.807, 2.05) is 7.05 Å². The molecule has 2 aliphatic rings. The average molecular weight is 226 g/mol. The highest BCUT2D eigenvalue weighted by molar-refractivity contribution is 5.71. The molecule has 16 heavy (non-hydrogen) atoms. The summed E-state index contributed by atoms with van der Waals surface area (Å²) in [5, 5.41) is 9.32. The molecule has 0 aromatic rings. The van der Waals surface area contributed by atoms with Gasteiger partial charge >= 0.3 is 5.97 Å². The zero-order chi connectivity index (χ0) is 11.7. The molecule has 0 aliphatic carbocycles. The predicted molar refractivity (Wildman–Crippen MR) is 62.4 cm³/mol. The van der Waals surface area contributed by atoms with Crippen LogP contribution in [0.1, 0.15) is 26.2 Å². The molecule has 3 atom stereocenters. The van der Waals surface area contributed by atoms with Gasteiger partial charge in [-0.2, -0.15) is 0 Å². The summed E-state index contributed by atoms with van der Waals surface area (Å²) < 4.78 is 0. The predicted octanol–water partition coefficient (Wildman–Crippen LogP) is 0.876. The van der Waals surface area contributed by atoms with Crippen LogP contribution >= 0.6 is 0 Å². The molecule has 0 aromatic heterocycles. The number of rotatable bonds is 2. The number of piperidine rings is 1. The van der Waals surface area contributed by atoms with Gasteiger partial charge in [0.05, 0.1) is 5.92 Å². The van der Waals surface area contributed by atoms with Crippen molar-refractivity contribution in [2.75, 3.05) is 26.7 Å². The number of carboxylic acid groups (broad SMARTS) is 1. The Morgan fingerprint density at radius 2 is 1.94 bits per heavy atom. The minimum atomic E-state index is -0.629. The van der Waals surface area contributed by atoms with Crippen molar-refractivity contribution in [1.82, 2.24) is 9.80 Å². The maximum absolute atomic E-state index is 11.3. The first-order valence-electron chi connectivity index (χ1n) is 6.26. The third kappa shape index (κ3) is 2.23. The molecule has 2 fully saturated rings. The Balaban J connectivity index is 2.09. The maximum atomic E-state index is 11.3. The molecule has 0 bridgehead atoms. The number of hydrogen-bond donors (Lipinski definition) is 1. The summed E-state index contributed by atoms with van der Waals surface area (Å²) in [4.78, 5) is 15.9. The van der Waals surface area contributed by atoms with E-state index in [0.29, 0.717) is 12.6 Å². The fourth-order valence-electron chi connectivity index (χ4n) is 3.03. The van der Waals surface area contributed by atoms with E-state index in [1.165, 1.54) is 12.8 Å². The molecule has 3 unspecified atom stereocenters. The molecule has 2 heterocycles. The van der Waals surface area contributed by atoms with Gasteiger partial charge in [0.15, 0.2) is 0 Å². The zero-order valence-electron chi connectivity index (χ0n) is 10.2. The molecular formula is C12H22N2O2. The van der Waals surface area contributed by atoms with Crippen LogP contribution in [0.25, 0.3) is 0 Å². The standard InChI is InChI=1S/C12H22N2O2/c1-9-7-11(14-5-3-4-6-14)10(12(15)16)8-13(9)2/h9-11H,3-8H2,1-2H3,(H,15,16). The highest BCUT2D eigenvalue weighted by Gasteiger charge is 2.39. The smallest absolute Gasteiger partial charge is 0.309 e. The van der Waals surface area contributed by atoms with Crippen LogP contribution in [0.15, 0.2) is 0 Å². The fourth-order valence-corrected chi connectivity index (χ4v) is 3.03. The van der Waals surface area contributed by atoms with E-state index in [4.69, 9.17) is 0 Å². The van der Waals surface area contributed by atoms with Crippen molar-refractivity contribution in [1.29, 1.82) is 0 Å². The molecule has 0 amide bonds. The first-order valence-corrected chi connectivity index (χ1v) is 6.26. The summed E-state index contributed by atoms with van der Waals surface area (Å²) in [5.74, 6) is -0.838. The lowest BCUT2D eigenvalue weighted by molar-refractivity contribution is -0.147. The summed E-state index contributed by atoms with van der Waals surface area (Å²) in [6, 6.07) is 0.757. The second kappa shape index (κ2) is 4.72. The van der Waals surface area contributed by atoms with Gasteiger partial charge in [-0.15, -0.1) is 0 Å². The normalized spacial score (nSPS) is 37.8. The molecule has 2 rings (SSSR count). The van der Waals surface area contributed by atoms with Gasteiger partial charge in [-0.25, -0.2) is 0 Å². The molecule has 0 aromatic carbocycles. The highest BCUT2D eigenvalue weighted by atomic mass is 16.4. The zero-order valence-corrected chi connectivity index (χ0v) is 10.2. The molecule has 4 heteroatoms. The summed E-state index contributed by atoms with van der Waals surface area (Å²) in [6.07, 6.45) is 3.45. The molecule has 0 saturated carbocycles. The first kappa shape index (κ1) is 11.9. The van der Waals surface area contributed by atoms with Crippen molar-refractivity contribution in [3.63, 3.8) is 0 Å². The Labute approximate surface area is 97.2 Å². The van der Waals surface area contributed by atoms with Crippen molar-refractivity contribution in [2.24, 2.45) is 5.92 Å². The van der Waals surface area contributed by atoms with Crippen LogP contribution < -0.4 is 0 Å². The lowest BCUT2D eigenvalue weighted by atomic mass is 9.87. The second-order valence-corrected chi connectivity index (χ2v) is 5.28. The monoisotopic (exact) mass is 226 g/mol. The third-order valence-electron chi connectivity index (χ3n) is 4.21. The minimum Gasteiger partial charge on any atom is -0.481 e. The van der Waals surface area contributed by atoms with Crippen LogP contribution in [0.4, 0.5) is 0 Å². The van der Waals surface area contributed by atoms with E-state index in [2.05, 4.69) is 16.7 Å². The Morgan fingerprint density at radius 3 is 2.50 bits per heavy atom. The topological polar surface area (TPSA) is 43.8 Å². The molecule has 4 nitrogen and oxygen atoms in total. The van der Waals surface area contributed by atoms with Crippen molar-refractivity contribution < 1.29 is 9.90 Å². The van der Waals surface area contributed by atoms with Crippen LogP contribution in [0.3, 0.4) is 0 Å². The van der Waals surface area contributed by atoms with Gasteiger partial charge in [0.2, 0.25) is 0 Å². The Bertz CT molecular complexity index is 264. The molecular weight excluding hydrogens is 204 g/mol. The van der Waals surface area contributed by atoms with Gasteiger partial charge in [-0.05, 0) is 46.3 Å². The molecule has 2 saturated heterocycles. The number of carboxylic acids is 1. The van der Waals surface area contributed by atoms with Crippen LogP contribution in [-0.2, 0) is 4.79 Å². The second-order valence-electron chi connectivity index (χ2n) is 5.28. The number of carbonyl (C=O) groups is 1. The Morgan fingerprint density at radius 1 is 1.31 bits per heavy atom. The van der Waals surface area contributed by atoms with Crippen LogP contribution in [0.5, 0.6) is 0 Å². The lowest BCUT2D eigenvalue weighted by Gasteiger charge is -2.43. The fraction of sp³-hybridized carbons (Fsp3) is 0.917. The van der Waals surface area contributed by atoms with Gasteiger partial charge in [0.1, 0.15) is 0 Å². The maximum Gasteiger partial charge on any atom is 0.309 e. The Kier molecular flexibility index (Phi) is 3.50. The van der Waals surface area contributed by atoms with E-state index in [9.17, 15) is 9.90 Å². The third-order valence-corrected chi connectivity index (χ3v) is 4.21. The van der Waals surface area contributed by atoms with Crippen molar-refractivity contribution in [2.45, 2.75) is 38.3 Å². The van der Waals surface area contributed by atoms with Gasteiger partial charge in [-0.1, -0.05) is 0 Å². The number of hydrogen-bond acceptors (Lipinski definition) is 3. The molecule has 0 spiro atoms. The number of likely N-dealkylation sites (tertiary alicyclic amines) is 2. The summed E-state index contributed by atoms with van der Waals surface area (Å²) in [6.45, 7) is 5.06. The van der Waals surface area contributed by atoms with Crippen molar-refractivity contribution in [3.05, 3.63) is 0 Å². The number of aliphatic carboxylic acids is 1. The number of nitrogens with zero attached hydrogens (tertiary/aromatic N) is 2. The van der Waals surface area contributed by atoms with Crippen molar-refractivity contribution in [3.8, 4) is 0 Å². The lowest BCUT2D eigenvalue weighted by Crippen LogP contribution is -2.55. The van der Waals surface area contributed by atoms with E-state index in [0.717, 1.165) is 19.5 Å². The first-order chi connectivity index (χ1) is 7.59. The Hall–Kier alpha value is -0.610. The van der Waals surface area contributed by atoms with Crippen molar-refractivity contribution >= 4 is 5.97 Å². The quantitative estimate of drug-likeness (QED) is 0.759. The van der Waals surface area contributed by atoms with Gasteiger partial charge in [0.25, 0.3) is 0 Å². The van der Waals surface area contributed by atoms with Gasteiger partial charge in [0, 0.05) is 18.6 Å². The van der Waals surface area contributed by atoms with E-state index in [1.54, 1.807) is 0 Å². The SMILES string of the molecule is CC1CC(N2CCCC2)C(C(=O)O)CN1C. The molecule has 92 valence electrons. The van der Waals surface area contributed by atoms with Gasteiger partial charge in [-0.3, -0.25) is 9.69 Å². The van der Waals surface area contributed by atoms with Gasteiger partial charge < -0.3 is 10.0 Å². The highest BCUT2D eigenvalue weighted by Crippen LogP contribution is 2.28. The van der Waals surface area contributed by atoms with E-state index in [-0.39, 0.29) is 12.0 Å². The summed E-state index contributed by atoms with van der Waals surface area (Å²) >= 11 is 0. The molecule has 2 aliphatic heterocycles. The van der Waals surface area contributed by atoms with Crippen LogP contribution in [0, 0.1) is 5.92 Å². The summed E-state index contributed by atoms with van der Waals surface area (Å²) in [5.41, 5.74) is 0. The van der Waals surface area contributed by atoms with E-state index >= 15 is 0 Å². The molecule has 0 radical (unpaired) electrons. The largest absolute Gasteiger partial charge is 0.481 e. The minimum absolute atomic E-state index is 0.209. The molecule has 1 N–H and O–H groups in total. The van der Waals surface area contributed by atoms with E-state index < -0.39 is 5.97 Å². The summed E-state index contributed by atoms with van der Waals surface area (Å²) in [7, 11) is 2.03. The van der Waals surface area contributed by atoms with Crippen LogP contribution in [-0.4, -0.2) is 59.6 Å².